The van der Waals surface area contributed by atoms with Gasteiger partial charge in [-0.15, -0.1) is 0 Å². The third-order valence-corrected chi connectivity index (χ3v) is 5.81. The van der Waals surface area contributed by atoms with Crippen molar-refractivity contribution in [1.29, 1.82) is 0 Å². The first-order chi connectivity index (χ1) is 11.8. The molecule has 1 heterocycles. The van der Waals surface area contributed by atoms with E-state index < -0.39 is 0 Å². The fourth-order valence-corrected chi connectivity index (χ4v) is 4.68. The van der Waals surface area contributed by atoms with Gasteiger partial charge in [0.15, 0.2) is 0 Å². The summed E-state index contributed by atoms with van der Waals surface area (Å²) in [7, 11) is 0. The second kappa shape index (κ2) is 6.76. The molecule has 0 saturated heterocycles. The van der Waals surface area contributed by atoms with Crippen molar-refractivity contribution in [2.45, 2.75) is 44.1 Å². The van der Waals surface area contributed by atoms with Crippen LogP contribution >= 0.6 is 0 Å². The Morgan fingerprint density at radius 2 is 1.92 bits per heavy atom. The maximum Gasteiger partial charge on any atom is 0.220 e. The summed E-state index contributed by atoms with van der Waals surface area (Å²) in [6.45, 7) is 0. The maximum absolute atomic E-state index is 12.5. The van der Waals surface area contributed by atoms with E-state index in [1.165, 1.54) is 24.8 Å². The topological polar surface area (TPSA) is 42.0 Å². The third kappa shape index (κ3) is 2.95. The van der Waals surface area contributed by atoms with E-state index in [0.717, 1.165) is 17.9 Å². The molecule has 3 nitrogen and oxygen atoms in total. The van der Waals surface area contributed by atoms with Crippen LogP contribution in [-0.4, -0.2) is 16.9 Å². The Balaban J connectivity index is 1.40. The number of nitrogens with one attached hydrogen (secondary N) is 1. The van der Waals surface area contributed by atoms with Gasteiger partial charge in [0, 0.05) is 30.8 Å². The van der Waals surface area contributed by atoms with Gasteiger partial charge in [0.1, 0.15) is 0 Å². The first kappa shape index (κ1) is 15.4. The Labute approximate surface area is 143 Å². The van der Waals surface area contributed by atoms with Gasteiger partial charge in [-0.3, -0.25) is 9.78 Å². The van der Waals surface area contributed by atoms with Crippen molar-refractivity contribution in [3.05, 3.63) is 66.0 Å². The van der Waals surface area contributed by atoms with Crippen molar-refractivity contribution in [2.75, 3.05) is 0 Å². The van der Waals surface area contributed by atoms with Crippen LogP contribution in [0.3, 0.4) is 0 Å². The summed E-state index contributed by atoms with van der Waals surface area (Å²) in [5.74, 6) is 2.12. The summed E-state index contributed by atoms with van der Waals surface area (Å²) in [6.07, 6.45) is 8.80. The number of aromatic nitrogens is 1. The van der Waals surface area contributed by atoms with Gasteiger partial charge in [0.05, 0.1) is 0 Å². The van der Waals surface area contributed by atoms with Crippen LogP contribution in [0.1, 0.15) is 42.7 Å². The van der Waals surface area contributed by atoms with Crippen molar-refractivity contribution in [2.24, 2.45) is 11.8 Å². The van der Waals surface area contributed by atoms with Gasteiger partial charge >= 0.3 is 0 Å². The molecule has 1 amide bonds. The minimum atomic E-state index is 0.176. The van der Waals surface area contributed by atoms with Gasteiger partial charge in [0.25, 0.3) is 0 Å². The first-order valence-corrected chi connectivity index (χ1v) is 9.06. The number of carbonyl (C=O) groups excluding carboxylic acids is 1. The number of hydrogen-bond donors (Lipinski definition) is 1. The van der Waals surface area contributed by atoms with E-state index in [0.29, 0.717) is 24.3 Å². The van der Waals surface area contributed by atoms with Crippen LogP contribution in [0.5, 0.6) is 0 Å². The smallest absolute Gasteiger partial charge is 0.220 e. The van der Waals surface area contributed by atoms with E-state index in [4.69, 9.17) is 0 Å². The highest BCUT2D eigenvalue weighted by molar-refractivity contribution is 5.77. The molecule has 0 radical (unpaired) electrons. The van der Waals surface area contributed by atoms with Gasteiger partial charge in [-0.2, -0.15) is 0 Å². The monoisotopic (exact) mass is 320 g/mol. The van der Waals surface area contributed by atoms with E-state index in [2.05, 4.69) is 40.6 Å². The SMILES string of the molecule is O=C(CCc1cccnc1)N[C@@H]1[C@@H]2CCC[C@@H]2[C@@H]1c1ccccc1. The van der Waals surface area contributed by atoms with Crippen LogP contribution in [0.4, 0.5) is 0 Å². The average Bonchev–Trinajstić information content (AvgIpc) is 3.04. The zero-order chi connectivity index (χ0) is 16.4. The fraction of sp³-hybridized carbons (Fsp3) is 0.429. The Bertz CT molecular complexity index is 685. The number of fused-ring (bicyclic) bond motifs is 1. The number of rotatable bonds is 5. The van der Waals surface area contributed by atoms with Crippen molar-refractivity contribution in [1.82, 2.24) is 10.3 Å². The van der Waals surface area contributed by atoms with Gasteiger partial charge in [-0.1, -0.05) is 42.8 Å². The van der Waals surface area contributed by atoms with Crippen molar-refractivity contribution >= 4 is 5.91 Å². The molecular weight excluding hydrogens is 296 g/mol. The van der Waals surface area contributed by atoms with E-state index in [1.807, 2.05) is 18.3 Å². The lowest BCUT2D eigenvalue weighted by molar-refractivity contribution is -0.123. The fourth-order valence-electron chi connectivity index (χ4n) is 4.68. The largest absolute Gasteiger partial charge is 0.352 e. The maximum atomic E-state index is 12.5. The Morgan fingerprint density at radius 3 is 2.71 bits per heavy atom. The Morgan fingerprint density at radius 1 is 1.08 bits per heavy atom. The molecule has 2 fully saturated rings. The summed E-state index contributed by atoms with van der Waals surface area (Å²) in [6, 6.07) is 15.0. The highest BCUT2D eigenvalue weighted by Crippen LogP contribution is 2.55. The minimum absolute atomic E-state index is 0.176. The van der Waals surface area contributed by atoms with Crippen LogP contribution in [-0.2, 0) is 11.2 Å². The predicted molar refractivity (Wildman–Crippen MR) is 94.5 cm³/mol. The van der Waals surface area contributed by atoms with Crippen molar-refractivity contribution in [3.8, 4) is 0 Å². The Kier molecular flexibility index (Phi) is 4.33. The van der Waals surface area contributed by atoms with Crippen LogP contribution in [0.2, 0.25) is 0 Å². The molecule has 1 aromatic carbocycles. The van der Waals surface area contributed by atoms with Crippen molar-refractivity contribution < 1.29 is 4.79 Å². The standard InChI is InChI=1S/C21H24N2O/c24-19(12-11-15-6-5-13-22-14-15)23-21-18-10-4-9-17(18)20(21)16-7-2-1-3-8-16/h1-3,5-8,13-14,17-18,20-21H,4,9-12H2,(H,23,24)/t17-,18+,20-,21+/m0/s1. The molecule has 2 saturated carbocycles. The van der Waals surface area contributed by atoms with Gasteiger partial charge in [-0.05, 0) is 48.3 Å². The number of aryl methyl sites for hydroxylation is 1. The average molecular weight is 320 g/mol. The number of hydrogen-bond acceptors (Lipinski definition) is 2. The van der Waals surface area contributed by atoms with E-state index in [1.54, 1.807) is 6.20 Å². The second-order valence-corrected chi connectivity index (χ2v) is 7.15. The number of nitrogens with zero attached hydrogens (tertiary/aromatic N) is 1. The highest BCUT2D eigenvalue weighted by atomic mass is 16.1. The molecule has 1 N–H and O–H groups in total. The molecule has 3 heteroatoms. The summed E-state index contributed by atoms with van der Waals surface area (Å²) >= 11 is 0. The van der Waals surface area contributed by atoms with E-state index in [-0.39, 0.29) is 5.91 Å². The third-order valence-electron chi connectivity index (χ3n) is 5.81. The highest BCUT2D eigenvalue weighted by Gasteiger charge is 2.53. The molecule has 2 aromatic rings. The molecule has 0 aliphatic heterocycles. The summed E-state index contributed by atoms with van der Waals surface area (Å²) in [5, 5.41) is 3.35. The zero-order valence-corrected chi connectivity index (χ0v) is 13.9. The van der Waals surface area contributed by atoms with Gasteiger partial charge in [0.2, 0.25) is 5.91 Å². The van der Waals surface area contributed by atoms with Crippen LogP contribution in [0.25, 0.3) is 0 Å². The molecular formula is C21H24N2O. The number of carbonyl (C=O) groups is 1. The number of benzene rings is 1. The lowest BCUT2D eigenvalue weighted by atomic mass is 9.60. The number of amides is 1. The normalized spacial score (nSPS) is 28.0. The van der Waals surface area contributed by atoms with Gasteiger partial charge < -0.3 is 5.32 Å². The summed E-state index contributed by atoms with van der Waals surface area (Å²) in [5.41, 5.74) is 2.51. The molecule has 4 rings (SSSR count). The molecule has 0 spiro atoms. The van der Waals surface area contributed by atoms with Crippen molar-refractivity contribution in [3.63, 3.8) is 0 Å². The molecule has 0 bridgehead atoms. The van der Waals surface area contributed by atoms with Crippen LogP contribution in [0, 0.1) is 11.8 Å². The Hall–Kier alpha value is -2.16. The lowest BCUT2D eigenvalue weighted by Gasteiger charge is -2.49. The van der Waals surface area contributed by atoms with E-state index >= 15 is 0 Å². The quantitative estimate of drug-likeness (QED) is 0.912. The predicted octanol–water partition coefficient (Wildman–Crippen LogP) is 3.71. The minimum Gasteiger partial charge on any atom is -0.352 e. The second-order valence-electron chi connectivity index (χ2n) is 7.15. The summed E-state index contributed by atoms with van der Waals surface area (Å²) in [4.78, 5) is 16.6. The van der Waals surface area contributed by atoms with E-state index in [9.17, 15) is 4.79 Å². The first-order valence-electron chi connectivity index (χ1n) is 9.06. The zero-order valence-electron chi connectivity index (χ0n) is 13.9. The molecule has 2 aliphatic rings. The van der Waals surface area contributed by atoms with Crippen LogP contribution in [0.15, 0.2) is 54.9 Å². The molecule has 0 unspecified atom stereocenters. The lowest BCUT2D eigenvalue weighted by Crippen LogP contribution is -2.56. The molecule has 24 heavy (non-hydrogen) atoms. The molecule has 4 atom stereocenters. The summed E-state index contributed by atoms with van der Waals surface area (Å²) < 4.78 is 0. The molecule has 124 valence electrons. The molecule has 2 aliphatic carbocycles. The number of pyridine rings is 1. The van der Waals surface area contributed by atoms with Gasteiger partial charge in [-0.25, -0.2) is 0 Å². The molecule has 1 aromatic heterocycles. The van der Waals surface area contributed by atoms with Crippen LogP contribution < -0.4 is 5.32 Å².